The van der Waals surface area contributed by atoms with Crippen molar-refractivity contribution in [2.24, 2.45) is 0 Å². The Bertz CT molecular complexity index is 727. The van der Waals surface area contributed by atoms with E-state index in [9.17, 15) is 0 Å². The molecule has 0 saturated heterocycles. The first-order valence-corrected chi connectivity index (χ1v) is 6.97. The molecule has 1 heterocycles. The van der Waals surface area contributed by atoms with Gasteiger partial charge in [0.15, 0.2) is 0 Å². The zero-order chi connectivity index (χ0) is 13.9. The molecule has 3 aromatic rings. The van der Waals surface area contributed by atoms with E-state index in [-0.39, 0.29) is 0 Å². The molecule has 2 heteroatoms. The Hall–Kier alpha value is -2.06. The van der Waals surface area contributed by atoms with Gasteiger partial charge in [0.2, 0.25) is 0 Å². The Morgan fingerprint density at radius 1 is 0.950 bits per heavy atom. The van der Waals surface area contributed by atoms with Crippen LogP contribution in [-0.2, 0) is 13.1 Å². The minimum atomic E-state index is 0.830. The largest absolute Gasteiger partial charge is 0.461 e. The fourth-order valence-corrected chi connectivity index (χ4v) is 2.59. The minimum absolute atomic E-state index is 0.830. The second-order valence-electron chi connectivity index (χ2n) is 5.23. The summed E-state index contributed by atoms with van der Waals surface area (Å²) in [6.45, 7) is 5.86. The zero-order valence-corrected chi connectivity index (χ0v) is 11.9. The van der Waals surface area contributed by atoms with Crippen molar-refractivity contribution in [3.8, 4) is 0 Å². The molecule has 0 aliphatic heterocycles. The van der Waals surface area contributed by atoms with Crippen molar-refractivity contribution in [2.75, 3.05) is 0 Å². The van der Waals surface area contributed by atoms with Gasteiger partial charge in [-0.15, -0.1) is 0 Å². The van der Waals surface area contributed by atoms with E-state index >= 15 is 0 Å². The van der Waals surface area contributed by atoms with Crippen molar-refractivity contribution in [1.82, 2.24) is 5.32 Å². The number of para-hydroxylation sites is 1. The maximum Gasteiger partial charge on any atom is 0.134 e. The van der Waals surface area contributed by atoms with Crippen molar-refractivity contribution in [3.05, 3.63) is 71.0 Å². The first-order valence-electron chi connectivity index (χ1n) is 6.97. The Morgan fingerprint density at radius 3 is 2.65 bits per heavy atom. The SMILES string of the molecule is Cc1cccc(CNCc2c(C)oc3ccccc23)c1. The maximum absolute atomic E-state index is 5.78. The highest BCUT2D eigenvalue weighted by Gasteiger charge is 2.09. The van der Waals surface area contributed by atoms with E-state index < -0.39 is 0 Å². The van der Waals surface area contributed by atoms with Crippen molar-refractivity contribution >= 4 is 11.0 Å². The topological polar surface area (TPSA) is 25.2 Å². The second kappa shape index (κ2) is 5.51. The molecule has 0 spiro atoms. The van der Waals surface area contributed by atoms with Crippen LogP contribution in [0.1, 0.15) is 22.5 Å². The van der Waals surface area contributed by atoms with Crippen LogP contribution >= 0.6 is 0 Å². The summed E-state index contributed by atoms with van der Waals surface area (Å²) < 4.78 is 5.78. The highest BCUT2D eigenvalue weighted by atomic mass is 16.3. The van der Waals surface area contributed by atoms with Gasteiger partial charge >= 0.3 is 0 Å². The molecule has 0 radical (unpaired) electrons. The Balaban J connectivity index is 1.73. The third kappa shape index (κ3) is 2.61. The van der Waals surface area contributed by atoms with E-state index in [1.165, 1.54) is 22.1 Å². The third-order valence-electron chi connectivity index (χ3n) is 3.61. The number of nitrogens with one attached hydrogen (secondary N) is 1. The minimum Gasteiger partial charge on any atom is -0.461 e. The summed E-state index contributed by atoms with van der Waals surface area (Å²) in [5.41, 5.74) is 4.84. The number of furan rings is 1. The lowest BCUT2D eigenvalue weighted by Crippen LogP contribution is -2.13. The third-order valence-corrected chi connectivity index (χ3v) is 3.61. The van der Waals surface area contributed by atoms with E-state index in [0.717, 1.165) is 24.4 Å². The molecule has 1 aromatic heterocycles. The van der Waals surface area contributed by atoms with Crippen molar-refractivity contribution in [3.63, 3.8) is 0 Å². The monoisotopic (exact) mass is 265 g/mol. The number of hydrogen-bond donors (Lipinski definition) is 1. The van der Waals surface area contributed by atoms with Gasteiger partial charge in [-0.05, 0) is 25.5 Å². The van der Waals surface area contributed by atoms with Crippen LogP contribution in [0.4, 0.5) is 0 Å². The van der Waals surface area contributed by atoms with Crippen molar-refractivity contribution < 1.29 is 4.42 Å². The maximum atomic E-state index is 5.78. The number of benzene rings is 2. The predicted octanol–water partition coefficient (Wildman–Crippen LogP) is 4.34. The summed E-state index contributed by atoms with van der Waals surface area (Å²) >= 11 is 0. The van der Waals surface area contributed by atoms with Crippen LogP contribution in [0.2, 0.25) is 0 Å². The van der Waals surface area contributed by atoms with Gasteiger partial charge in [0.25, 0.3) is 0 Å². The van der Waals surface area contributed by atoms with Crippen LogP contribution in [0.3, 0.4) is 0 Å². The summed E-state index contributed by atoms with van der Waals surface area (Å²) in [6.07, 6.45) is 0. The van der Waals surface area contributed by atoms with Crippen LogP contribution < -0.4 is 5.32 Å². The molecular weight excluding hydrogens is 246 g/mol. The average molecular weight is 265 g/mol. The van der Waals surface area contributed by atoms with Crippen LogP contribution in [0.15, 0.2) is 52.9 Å². The Morgan fingerprint density at radius 2 is 1.80 bits per heavy atom. The molecule has 2 aromatic carbocycles. The lowest BCUT2D eigenvalue weighted by molar-refractivity contribution is 0.565. The summed E-state index contributed by atoms with van der Waals surface area (Å²) in [5, 5.41) is 4.71. The van der Waals surface area contributed by atoms with E-state index in [1.807, 2.05) is 19.1 Å². The summed E-state index contributed by atoms with van der Waals surface area (Å²) in [6, 6.07) is 16.8. The van der Waals surface area contributed by atoms with Gasteiger partial charge in [0.05, 0.1) is 0 Å². The van der Waals surface area contributed by atoms with Gasteiger partial charge in [-0.3, -0.25) is 0 Å². The molecule has 0 atom stereocenters. The van der Waals surface area contributed by atoms with Gasteiger partial charge in [0, 0.05) is 24.0 Å². The molecule has 1 N–H and O–H groups in total. The first kappa shape index (κ1) is 12.9. The van der Waals surface area contributed by atoms with E-state index in [0.29, 0.717) is 0 Å². The molecule has 0 aliphatic rings. The molecule has 0 aliphatic carbocycles. The zero-order valence-electron chi connectivity index (χ0n) is 11.9. The first-order chi connectivity index (χ1) is 9.74. The number of aryl methyl sites for hydroxylation is 2. The molecule has 0 amide bonds. The van der Waals surface area contributed by atoms with Crippen LogP contribution in [-0.4, -0.2) is 0 Å². The Kier molecular flexibility index (Phi) is 3.57. The quantitative estimate of drug-likeness (QED) is 0.759. The lowest BCUT2D eigenvalue weighted by Gasteiger charge is -2.05. The van der Waals surface area contributed by atoms with Gasteiger partial charge in [-0.2, -0.15) is 0 Å². The second-order valence-corrected chi connectivity index (χ2v) is 5.23. The number of rotatable bonds is 4. The lowest BCUT2D eigenvalue weighted by atomic mass is 10.1. The van der Waals surface area contributed by atoms with Gasteiger partial charge in [0.1, 0.15) is 11.3 Å². The molecule has 0 fully saturated rings. The predicted molar refractivity (Wildman–Crippen MR) is 82.7 cm³/mol. The summed E-state index contributed by atoms with van der Waals surface area (Å²) in [5.74, 6) is 1.00. The standard InChI is InChI=1S/C18H19NO/c1-13-6-5-7-15(10-13)11-19-12-17-14(2)20-18-9-4-3-8-16(17)18/h3-10,19H,11-12H2,1-2H3. The fourth-order valence-electron chi connectivity index (χ4n) is 2.59. The normalized spacial score (nSPS) is 11.1. The van der Waals surface area contributed by atoms with Crippen molar-refractivity contribution in [2.45, 2.75) is 26.9 Å². The van der Waals surface area contributed by atoms with Gasteiger partial charge in [-0.25, -0.2) is 0 Å². The van der Waals surface area contributed by atoms with Gasteiger partial charge < -0.3 is 9.73 Å². The van der Waals surface area contributed by atoms with Crippen molar-refractivity contribution in [1.29, 1.82) is 0 Å². The summed E-state index contributed by atoms with van der Waals surface area (Å²) in [4.78, 5) is 0. The molecule has 20 heavy (non-hydrogen) atoms. The number of hydrogen-bond acceptors (Lipinski definition) is 2. The van der Waals surface area contributed by atoms with E-state index in [2.05, 4.69) is 48.6 Å². The molecule has 102 valence electrons. The van der Waals surface area contributed by atoms with E-state index in [4.69, 9.17) is 4.42 Å². The van der Waals surface area contributed by atoms with Crippen LogP contribution in [0, 0.1) is 13.8 Å². The highest BCUT2D eigenvalue weighted by molar-refractivity contribution is 5.82. The molecule has 2 nitrogen and oxygen atoms in total. The Labute approximate surface area is 119 Å². The van der Waals surface area contributed by atoms with Gasteiger partial charge in [-0.1, -0.05) is 48.0 Å². The van der Waals surface area contributed by atoms with Crippen LogP contribution in [0.5, 0.6) is 0 Å². The fraction of sp³-hybridized carbons (Fsp3) is 0.222. The molecular formula is C18H19NO. The highest BCUT2D eigenvalue weighted by Crippen LogP contribution is 2.24. The molecule has 0 unspecified atom stereocenters. The molecule has 0 saturated carbocycles. The molecule has 3 rings (SSSR count). The van der Waals surface area contributed by atoms with Crippen LogP contribution in [0.25, 0.3) is 11.0 Å². The smallest absolute Gasteiger partial charge is 0.134 e. The number of fused-ring (bicyclic) bond motifs is 1. The molecule has 0 bridgehead atoms. The average Bonchev–Trinajstić information content (AvgIpc) is 2.75. The summed E-state index contributed by atoms with van der Waals surface area (Å²) in [7, 11) is 0. The van der Waals surface area contributed by atoms with E-state index in [1.54, 1.807) is 0 Å².